The Kier molecular flexibility index (Phi) is 4.41. The maximum Gasteiger partial charge on any atom is 0.0488 e. The van der Waals surface area contributed by atoms with Crippen LogP contribution in [0.2, 0.25) is 0 Å². The van der Waals surface area contributed by atoms with Gasteiger partial charge in [0.25, 0.3) is 0 Å². The Morgan fingerprint density at radius 1 is 1.28 bits per heavy atom. The molecule has 100 valence electrons. The Morgan fingerprint density at radius 3 is 2.56 bits per heavy atom. The van der Waals surface area contributed by atoms with Crippen LogP contribution in [0.15, 0.2) is 24.3 Å². The Hall–Kier alpha value is -0.860. The summed E-state index contributed by atoms with van der Waals surface area (Å²) in [5.41, 5.74) is 2.94. The van der Waals surface area contributed by atoms with Gasteiger partial charge in [-0.05, 0) is 50.3 Å². The van der Waals surface area contributed by atoms with Crippen LogP contribution in [0.25, 0.3) is 0 Å². The van der Waals surface area contributed by atoms with Crippen LogP contribution in [0.4, 0.5) is 0 Å². The lowest BCUT2D eigenvalue weighted by atomic mass is 9.77. The minimum absolute atomic E-state index is 0.198. The van der Waals surface area contributed by atoms with Gasteiger partial charge in [-0.1, -0.05) is 36.8 Å². The van der Waals surface area contributed by atoms with Crippen molar-refractivity contribution in [3.8, 4) is 0 Å². The van der Waals surface area contributed by atoms with Crippen LogP contribution in [0.3, 0.4) is 0 Å². The first kappa shape index (κ1) is 13.6. The highest BCUT2D eigenvalue weighted by Crippen LogP contribution is 2.34. The summed E-state index contributed by atoms with van der Waals surface area (Å²) >= 11 is 0. The molecule has 1 aromatic rings. The average molecular weight is 247 g/mol. The monoisotopic (exact) mass is 247 g/mol. The normalized spacial score (nSPS) is 19.9. The van der Waals surface area contributed by atoms with Gasteiger partial charge in [0.15, 0.2) is 0 Å². The molecule has 1 aromatic carbocycles. The van der Waals surface area contributed by atoms with Gasteiger partial charge in [-0.3, -0.25) is 4.90 Å². The number of likely N-dealkylation sites (tertiary alicyclic amines) is 1. The van der Waals surface area contributed by atoms with Crippen molar-refractivity contribution in [1.29, 1.82) is 0 Å². The Balaban J connectivity index is 1.91. The van der Waals surface area contributed by atoms with Crippen LogP contribution in [0, 0.1) is 12.3 Å². The molecule has 0 saturated carbocycles. The zero-order valence-corrected chi connectivity index (χ0v) is 11.7. The minimum atomic E-state index is 0.198. The second-order valence-corrected chi connectivity index (χ2v) is 5.78. The minimum Gasteiger partial charge on any atom is -0.396 e. The predicted molar refractivity (Wildman–Crippen MR) is 75.5 cm³/mol. The molecule has 0 bridgehead atoms. The highest BCUT2D eigenvalue weighted by molar-refractivity contribution is 5.22. The largest absolute Gasteiger partial charge is 0.396 e. The lowest BCUT2D eigenvalue weighted by molar-refractivity contribution is 0.0382. The van der Waals surface area contributed by atoms with E-state index < -0.39 is 0 Å². The number of benzene rings is 1. The van der Waals surface area contributed by atoms with Crippen LogP contribution in [0.1, 0.15) is 37.3 Å². The standard InChI is InChI=1S/C16H25NO/c1-3-16(13-18)7-9-17(10-8-16)12-15-6-4-5-14(2)11-15/h4-6,11,18H,3,7-10,12-13H2,1-2H3. The van der Waals surface area contributed by atoms with Gasteiger partial charge in [-0.25, -0.2) is 0 Å². The van der Waals surface area contributed by atoms with Gasteiger partial charge < -0.3 is 5.11 Å². The van der Waals surface area contributed by atoms with Gasteiger partial charge in [0, 0.05) is 13.2 Å². The van der Waals surface area contributed by atoms with Gasteiger partial charge in [0.2, 0.25) is 0 Å². The molecule has 1 fully saturated rings. The lowest BCUT2D eigenvalue weighted by Gasteiger charge is -2.40. The lowest BCUT2D eigenvalue weighted by Crippen LogP contribution is -2.41. The molecule has 0 amide bonds. The third-order valence-electron chi connectivity index (χ3n) is 4.49. The van der Waals surface area contributed by atoms with E-state index in [0.29, 0.717) is 6.61 Å². The molecule has 0 radical (unpaired) electrons. The second kappa shape index (κ2) is 5.85. The quantitative estimate of drug-likeness (QED) is 0.884. The maximum absolute atomic E-state index is 9.54. The Labute approximate surface area is 111 Å². The van der Waals surface area contributed by atoms with Crippen LogP contribution in [-0.4, -0.2) is 29.7 Å². The van der Waals surface area contributed by atoms with Gasteiger partial charge in [-0.2, -0.15) is 0 Å². The van der Waals surface area contributed by atoms with Crippen LogP contribution < -0.4 is 0 Å². The number of rotatable bonds is 4. The fourth-order valence-corrected chi connectivity index (χ4v) is 2.88. The van der Waals surface area contributed by atoms with E-state index in [1.165, 1.54) is 11.1 Å². The molecule has 0 aromatic heterocycles. The van der Waals surface area contributed by atoms with Crippen molar-refractivity contribution in [3.63, 3.8) is 0 Å². The molecule has 1 N–H and O–H groups in total. The number of aliphatic hydroxyl groups excluding tert-OH is 1. The first-order valence-electron chi connectivity index (χ1n) is 7.06. The fraction of sp³-hybridized carbons (Fsp3) is 0.625. The summed E-state index contributed by atoms with van der Waals surface area (Å²) in [5, 5.41) is 9.54. The summed E-state index contributed by atoms with van der Waals surface area (Å²) < 4.78 is 0. The van der Waals surface area contributed by atoms with E-state index in [2.05, 4.69) is 43.0 Å². The van der Waals surface area contributed by atoms with Crippen molar-refractivity contribution in [1.82, 2.24) is 4.90 Å². The van der Waals surface area contributed by atoms with Crippen molar-refractivity contribution < 1.29 is 5.11 Å². The molecule has 0 spiro atoms. The topological polar surface area (TPSA) is 23.5 Å². The molecule has 18 heavy (non-hydrogen) atoms. The number of hydrogen-bond acceptors (Lipinski definition) is 2. The first-order chi connectivity index (χ1) is 8.67. The van der Waals surface area contributed by atoms with Gasteiger partial charge >= 0.3 is 0 Å². The maximum atomic E-state index is 9.54. The highest BCUT2D eigenvalue weighted by Gasteiger charge is 2.32. The van der Waals surface area contributed by atoms with Gasteiger partial charge in [-0.15, -0.1) is 0 Å². The van der Waals surface area contributed by atoms with Crippen molar-refractivity contribution >= 4 is 0 Å². The smallest absolute Gasteiger partial charge is 0.0488 e. The molecule has 0 aliphatic carbocycles. The predicted octanol–water partition coefficient (Wildman–Crippen LogP) is 2.98. The summed E-state index contributed by atoms with van der Waals surface area (Å²) in [6.45, 7) is 7.97. The molecule has 1 heterocycles. The van der Waals surface area contributed by atoms with E-state index in [-0.39, 0.29) is 5.41 Å². The third-order valence-corrected chi connectivity index (χ3v) is 4.49. The van der Waals surface area contributed by atoms with Crippen molar-refractivity contribution in [2.24, 2.45) is 5.41 Å². The van der Waals surface area contributed by atoms with Crippen LogP contribution in [0.5, 0.6) is 0 Å². The number of aryl methyl sites for hydroxylation is 1. The molecule has 0 atom stereocenters. The van der Waals surface area contributed by atoms with Crippen molar-refractivity contribution in [3.05, 3.63) is 35.4 Å². The molecule has 1 aliphatic rings. The Morgan fingerprint density at radius 2 is 2.00 bits per heavy atom. The van der Waals surface area contributed by atoms with Crippen LogP contribution in [-0.2, 0) is 6.54 Å². The molecule has 0 unspecified atom stereocenters. The number of piperidine rings is 1. The molecule has 1 saturated heterocycles. The highest BCUT2D eigenvalue weighted by atomic mass is 16.3. The average Bonchev–Trinajstić information content (AvgIpc) is 2.40. The van der Waals surface area contributed by atoms with E-state index in [4.69, 9.17) is 0 Å². The zero-order chi connectivity index (χ0) is 13.0. The summed E-state index contributed by atoms with van der Waals surface area (Å²) in [6, 6.07) is 8.76. The third kappa shape index (κ3) is 3.12. The first-order valence-corrected chi connectivity index (χ1v) is 7.06. The molecule has 1 aliphatic heterocycles. The summed E-state index contributed by atoms with van der Waals surface area (Å²) in [4.78, 5) is 2.51. The SMILES string of the molecule is CCC1(CO)CCN(Cc2cccc(C)c2)CC1. The van der Waals surface area contributed by atoms with E-state index in [1.54, 1.807) is 0 Å². The molecule has 2 rings (SSSR count). The molecular formula is C16H25NO. The summed E-state index contributed by atoms with van der Waals surface area (Å²) in [5.74, 6) is 0. The summed E-state index contributed by atoms with van der Waals surface area (Å²) in [6.07, 6.45) is 3.36. The molecule has 2 nitrogen and oxygen atoms in total. The second-order valence-electron chi connectivity index (χ2n) is 5.78. The van der Waals surface area contributed by atoms with E-state index in [0.717, 1.165) is 38.9 Å². The van der Waals surface area contributed by atoms with Gasteiger partial charge in [0.1, 0.15) is 0 Å². The van der Waals surface area contributed by atoms with Crippen molar-refractivity contribution in [2.45, 2.75) is 39.7 Å². The van der Waals surface area contributed by atoms with E-state index >= 15 is 0 Å². The van der Waals surface area contributed by atoms with Gasteiger partial charge in [0.05, 0.1) is 0 Å². The molecular weight excluding hydrogens is 222 g/mol. The van der Waals surface area contributed by atoms with Crippen LogP contribution >= 0.6 is 0 Å². The fourth-order valence-electron chi connectivity index (χ4n) is 2.88. The number of aliphatic hydroxyl groups is 1. The van der Waals surface area contributed by atoms with Crippen molar-refractivity contribution in [2.75, 3.05) is 19.7 Å². The van der Waals surface area contributed by atoms with E-state index in [9.17, 15) is 5.11 Å². The molecule has 2 heteroatoms. The van der Waals surface area contributed by atoms with E-state index in [1.807, 2.05) is 0 Å². The zero-order valence-electron chi connectivity index (χ0n) is 11.7. The summed E-state index contributed by atoms with van der Waals surface area (Å²) in [7, 11) is 0. The number of nitrogens with zero attached hydrogens (tertiary/aromatic N) is 1. The Bertz CT molecular complexity index is 374. The number of hydrogen-bond donors (Lipinski definition) is 1.